The second-order valence-corrected chi connectivity index (χ2v) is 4.62. The van der Waals surface area contributed by atoms with Gasteiger partial charge in [0.05, 0.1) is 5.56 Å². The smallest absolute Gasteiger partial charge is 0.335 e. The van der Waals surface area contributed by atoms with Crippen molar-refractivity contribution in [3.63, 3.8) is 0 Å². The normalized spacial score (nSPS) is 10.1. The molecule has 0 aromatic heterocycles. The van der Waals surface area contributed by atoms with Gasteiger partial charge in [-0.2, -0.15) is 0 Å². The van der Waals surface area contributed by atoms with Crippen LogP contribution in [0.2, 0.25) is 0 Å². The third-order valence-electron chi connectivity index (χ3n) is 3.12. The summed E-state index contributed by atoms with van der Waals surface area (Å²) in [5, 5.41) is 8.81. The van der Waals surface area contributed by atoms with Crippen molar-refractivity contribution in [2.75, 3.05) is 0 Å². The van der Waals surface area contributed by atoms with Crippen LogP contribution < -0.4 is 10.5 Å². The van der Waals surface area contributed by atoms with Crippen molar-refractivity contribution >= 4 is 11.9 Å². The van der Waals surface area contributed by atoms with Gasteiger partial charge in [-0.25, -0.2) is 4.79 Å². The van der Waals surface area contributed by atoms with E-state index in [2.05, 4.69) is 0 Å². The van der Waals surface area contributed by atoms with Gasteiger partial charge in [0.25, 0.3) is 0 Å². The molecule has 0 radical (unpaired) electrons. The lowest BCUT2D eigenvalue weighted by atomic mass is 10.1. The van der Waals surface area contributed by atoms with Crippen LogP contribution in [0.15, 0.2) is 42.5 Å². The largest absolute Gasteiger partial charge is 0.489 e. The summed E-state index contributed by atoms with van der Waals surface area (Å²) >= 11 is 0. The van der Waals surface area contributed by atoms with E-state index in [0.717, 1.165) is 11.1 Å². The van der Waals surface area contributed by atoms with Crippen molar-refractivity contribution in [2.45, 2.75) is 13.5 Å². The molecule has 0 saturated carbocycles. The number of hydrogen-bond donors (Lipinski definition) is 2. The maximum atomic E-state index is 11.1. The Morgan fingerprint density at radius 2 is 1.71 bits per heavy atom. The lowest BCUT2D eigenvalue weighted by Gasteiger charge is -2.10. The van der Waals surface area contributed by atoms with Gasteiger partial charge >= 0.3 is 5.97 Å². The average Bonchev–Trinajstić information content (AvgIpc) is 2.46. The fraction of sp³-hybridized carbons (Fsp3) is 0.125. The first kappa shape index (κ1) is 14.6. The van der Waals surface area contributed by atoms with Crippen molar-refractivity contribution in [2.24, 2.45) is 5.73 Å². The van der Waals surface area contributed by atoms with Gasteiger partial charge in [0.2, 0.25) is 5.91 Å². The predicted molar refractivity (Wildman–Crippen MR) is 77.4 cm³/mol. The van der Waals surface area contributed by atoms with E-state index < -0.39 is 11.9 Å². The molecule has 0 bridgehead atoms. The first-order valence-corrected chi connectivity index (χ1v) is 6.33. The second kappa shape index (κ2) is 6.09. The van der Waals surface area contributed by atoms with Crippen molar-refractivity contribution in [1.82, 2.24) is 0 Å². The zero-order valence-electron chi connectivity index (χ0n) is 11.5. The number of rotatable bonds is 5. The molecule has 0 aliphatic heterocycles. The van der Waals surface area contributed by atoms with Gasteiger partial charge in [-0.3, -0.25) is 4.79 Å². The summed E-state index contributed by atoms with van der Waals surface area (Å²) in [5.41, 5.74) is 7.73. The molecule has 5 heteroatoms. The number of amides is 1. The number of ether oxygens (including phenoxy) is 1. The van der Waals surface area contributed by atoms with Crippen LogP contribution in [0.4, 0.5) is 0 Å². The molecule has 3 N–H and O–H groups in total. The number of carbonyl (C=O) groups is 2. The van der Waals surface area contributed by atoms with Gasteiger partial charge < -0.3 is 15.6 Å². The molecule has 0 atom stereocenters. The van der Waals surface area contributed by atoms with E-state index >= 15 is 0 Å². The third-order valence-corrected chi connectivity index (χ3v) is 3.12. The first-order valence-electron chi connectivity index (χ1n) is 6.33. The number of hydrogen-bond acceptors (Lipinski definition) is 3. The summed E-state index contributed by atoms with van der Waals surface area (Å²) in [7, 11) is 0. The lowest BCUT2D eigenvalue weighted by molar-refractivity contribution is 0.0696. The maximum absolute atomic E-state index is 11.1. The molecule has 108 valence electrons. The Labute approximate surface area is 122 Å². The third kappa shape index (κ3) is 3.60. The van der Waals surface area contributed by atoms with Crippen LogP contribution in [0.5, 0.6) is 5.75 Å². The van der Waals surface area contributed by atoms with E-state index in [1.54, 1.807) is 30.3 Å². The quantitative estimate of drug-likeness (QED) is 0.882. The van der Waals surface area contributed by atoms with Crippen molar-refractivity contribution in [1.29, 1.82) is 0 Å². The van der Waals surface area contributed by atoms with Gasteiger partial charge in [-0.05, 0) is 54.4 Å². The summed E-state index contributed by atoms with van der Waals surface area (Å²) < 4.78 is 5.60. The minimum Gasteiger partial charge on any atom is -0.489 e. The highest BCUT2D eigenvalue weighted by atomic mass is 16.5. The fourth-order valence-electron chi connectivity index (χ4n) is 1.87. The molecule has 0 spiro atoms. The molecule has 0 aliphatic carbocycles. The Balaban J connectivity index is 2.06. The summed E-state index contributed by atoms with van der Waals surface area (Å²) in [5.74, 6) is -0.854. The lowest BCUT2D eigenvalue weighted by Crippen LogP contribution is -2.11. The number of benzene rings is 2. The SMILES string of the molecule is Cc1cc(C(N)=O)ccc1COc1ccc(C(=O)O)cc1. The Hall–Kier alpha value is -2.82. The zero-order valence-corrected chi connectivity index (χ0v) is 11.5. The number of aromatic carboxylic acids is 1. The molecule has 2 aromatic carbocycles. The van der Waals surface area contributed by atoms with Crippen LogP contribution in [0.3, 0.4) is 0 Å². The van der Waals surface area contributed by atoms with E-state index in [0.29, 0.717) is 17.9 Å². The van der Waals surface area contributed by atoms with Crippen molar-refractivity contribution in [3.8, 4) is 5.75 Å². The molecule has 21 heavy (non-hydrogen) atoms. The monoisotopic (exact) mass is 285 g/mol. The fourth-order valence-corrected chi connectivity index (χ4v) is 1.87. The van der Waals surface area contributed by atoms with Crippen LogP contribution in [0, 0.1) is 6.92 Å². The summed E-state index contributed by atoms with van der Waals surface area (Å²) in [6.07, 6.45) is 0. The van der Waals surface area contributed by atoms with E-state index in [1.165, 1.54) is 12.1 Å². The zero-order chi connectivity index (χ0) is 15.4. The van der Waals surface area contributed by atoms with Gasteiger partial charge in [-0.1, -0.05) is 6.07 Å². The number of aryl methyl sites for hydroxylation is 1. The maximum Gasteiger partial charge on any atom is 0.335 e. The van der Waals surface area contributed by atoms with Crippen LogP contribution >= 0.6 is 0 Å². The van der Waals surface area contributed by atoms with Gasteiger partial charge in [0, 0.05) is 5.56 Å². The molecule has 1 amide bonds. The van der Waals surface area contributed by atoms with Gasteiger partial charge in [0.1, 0.15) is 12.4 Å². The van der Waals surface area contributed by atoms with Gasteiger partial charge in [0.15, 0.2) is 0 Å². The molecule has 0 saturated heterocycles. The molecule has 0 aliphatic rings. The minimum absolute atomic E-state index is 0.212. The molecule has 0 unspecified atom stereocenters. The van der Waals surface area contributed by atoms with Crippen LogP contribution in [-0.2, 0) is 6.61 Å². The van der Waals surface area contributed by atoms with Crippen LogP contribution in [0.25, 0.3) is 0 Å². The molecule has 0 heterocycles. The highest BCUT2D eigenvalue weighted by Gasteiger charge is 2.06. The topological polar surface area (TPSA) is 89.6 Å². The highest BCUT2D eigenvalue weighted by Crippen LogP contribution is 2.17. The summed E-state index contributed by atoms with van der Waals surface area (Å²) in [6, 6.07) is 11.4. The Kier molecular flexibility index (Phi) is 4.23. The van der Waals surface area contributed by atoms with Gasteiger partial charge in [-0.15, -0.1) is 0 Å². The van der Waals surface area contributed by atoms with E-state index in [1.807, 2.05) is 6.92 Å². The molecule has 2 aromatic rings. The number of carboxylic acids is 1. The molecular weight excluding hydrogens is 270 g/mol. The van der Waals surface area contributed by atoms with E-state index in [4.69, 9.17) is 15.6 Å². The number of carbonyl (C=O) groups excluding carboxylic acids is 1. The molecule has 0 fully saturated rings. The van der Waals surface area contributed by atoms with Crippen molar-refractivity contribution in [3.05, 3.63) is 64.7 Å². The van der Waals surface area contributed by atoms with E-state index in [-0.39, 0.29) is 5.56 Å². The molecule has 5 nitrogen and oxygen atoms in total. The van der Waals surface area contributed by atoms with E-state index in [9.17, 15) is 9.59 Å². The van der Waals surface area contributed by atoms with Crippen LogP contribution in [-0.4, -0.2) is 17.0 Å². The first-order chi connectivity index (χ1) is 9.97. The molecule has 2 rings (SSSR count). The Morgan fingerprint density at radius 3 is 2.24 bits per heavy atom. The number of carboxylic acid groups (broad SMARTS) is 1. The Bertz CT molecular complexity index is 677. The second-order valence-electron chi connectivity index (χ2n) is 4.62. The van der Waals surface area contributed by atoms with Crippen molar-refractivity contribution < 1.29 is 19.4 Å². The number of nitrogens with two attached hydrogens (primary N) is 1. The highest BCUT2D eigenvalue weighted by molar-refractivity contribution is 5.93. The van der Waals surface area contributed by atoms with Crippen LogP contribution in [0.1, 0.15) is 31.8 Å². The minimum atomic E-state index is -0.973. The predicted octanol–water partition coefficient (Wildman–Crippen LogP) is 2.37. The Morgan fingerprint density at radius 1 is 1.10 bits per heavy atom. The standard InChI is InChI=1S/C16H15NO4/c1-10-8-12(15(17)18)2-3-13(10)9-21-14-6-4-11(5-7-14)16(19)20/h2-8H,9H2,1H3,(H2,17,18)(H,19,20). The summed E-state index contributed by atoms with van der Waals surface area (Å²) in [6.45, 7) is 2.20. The molecular formula is C16H15NO4. The number of primary amides is 1. The summed E-state index contributed by atoms with van der Waals surface area (Å²) in [4.78, 5) is 21.8. The average molecular weight is 285 g/mol.